The third kappa shape index (κ3) is 4.07. The molecule has 90 valence electrons. The standard InChI is InChI=1S/C11H24N2O2/c1-9(12)11(8-14)13(2)7-10-3-5-15-6-4-10/h9-11,14H,3-8,12H2,1-2H3. The molecule has 2 atom stereocenters. The van der Waals surface area contributed by atoms with Gasteiger partial charge in [-0.3, -0.25) is 4.90 Å². The van der Waals surface area contributed by atoms with Gasteiger partial charge in [-0.05, 0) is 32.7 Å². The van der Waals surface area contributed by atoms with E-state index in [0.29, 0.717) is 5.92 Å². The molecule has 1 saturated heterocycles. The summed E-state index contributed by atoms with van der Waals surface area (Å²) in [5.74, 6) is 0.691. The maximum atomic E-state index is 9.25. The van der Waals surface area contributed by atoms with Crippen LogP contribution in [-0.2, 0) is 4.74 Å². The molecule has 1 heterocycles. The Morgan fingerprint density at radius 1 is 1.47 bits per heavy atom. The van der Waals surface area contributed by atoms with E-state index in [1.54, 1.807) is 0 Å². The summed E-state index contributed by atoms with van der Waals surface area (Å²) in [4.78, 5) is 2.18. The molecule has 0 saturated carbocycles. The number of hydrogen-bond acceptors (Lipinski definition) is 4. The minimum absolute atomic E-state index is 0.0137. The van der Waals surface area contributed by atoms with Crippen LogP contribution in [0, 0.1) is 5.92 Å². The van der Waals surface area contributed by atoms with Gasteiger partial charge in [-0.2, -0.15) is 0 Å². The van der Waals surface area contributed by atoms with Crippen LogP contribution in [0.25, 0.3) is 0 Å². The molecule has 0 amide bonds. The predicted molar refractivity (Wildman–Crippen MR) is 60.7 cm³/mol. The van der Waals surface area contributed by atoms with Crippen LogP contribution in [0.5, 0.6) is 0 Å². The molecule has 1 rings (SSSR count). The molecule has 0 aromatic heterocycles. The fourth-order valence-corrected chi connectivity index (χ4v) is 2.18. The largest absolute Gasteiger partial charge is 0.395 e. The minimum atomic E-state index is 0.0137. The summed E-state index contributed by atoms with van der Waals surface area (Å²) in [5.41, 5.74) is 5.83. The summed E-state index contributed by atoms with van der Waals surface area (Å²) in [5, 5.41) is 9.25. The highest BCUT2D eigenvalue weighted by Crippen LogP contribution is 2.16. The van der Waals surface area contributed by atoms with E-state index in [1.807, 2.05) is 14.0 Å². The van der Waals surface area contributed by atoms with Gasteiger partial charge < -0.3 is 15.6 Å². The van der Waals surface area contributed by atoms with Crippen molar-refractivity contribution in [2.45, 2.75) is 31.8 Å². The van der Waals surface area contributed by atoms with E-state index in [9.17, 15) is 5.11 Å². The maximum absolute atomic E-state index is 9.25. The molecule has 0 aromatic carbocycles. The molecular weight excluding hydrogens is 192 g/mol. The lowest BCUT2D eigenvalue weighted by atomic mass is 9.98. The Kier molecular flexibility index (Phi) is 5.53. The van der Waals surface area contributed by atoms with Crippen LogP contribution >= 0.6 is 0 Å². The topological polar surface area (TPSA) is 58.7 Å². The third-order valence-corrected chi connectivity index (χ3v) is 3.25. The highest BCUT2D eigenvalue weighted by molar-refractivity contribution is 4.78. The van der Waals surface area contributed by atoms with Gasteiger partial charge in [0.05, 0.1) is 6.61 Å². The van der Waals surface area contributed by atoms with Crippen LogP contribution in [0.2, 0.25) is 0 Å². The predicted octanol–water partition coefficient (Wildman–Crippen LogP) is 0.0529. The van der Waals surface area contributed by atoms with Gasteiger partial charge in [0, 0.05) is 31.8 Å². The fraction of sp³-hybridized carbons (Fsp3) is 1.00. The smallest absolute Gasteiger partial charge is 0.0601 e. The molecule has 0 bridgehead atoms. The summed E-state index contributed by atoms with van der Waals surface area (Å²) in [7, 11) is 2.04. The van der Waals surface area contributed by atoms with Gasteiger partial charge in [-0.25, -0.2) is 0 Å². The first kappa shape index (κ1) is 12.9. The zero-order valence-corrected chi connectivity index (χ0v) is 9.85. The lowest BCUT2D eigenvalue weighted by Crippen LogP contribution is -2.48. The normalized spacial score (nSPS) is 23.0. The second kappa shape index (κ2) is 6.43. The van der Waals surface area contributed by atoms with Gasteiger partial charge in [0.2, 0.25) is 0 Å². The van der Waals surface area contributed by atoms with Crippen LogP contribution in [0.3, 0.4) is 0 Å². The van der Waals surface area contributed by atoms with Crippen molar-refractivity contribution in [2.24, 2.45) is 11.7 Å². The van der Waals surface area contributed by atoms with Crippen molar-refractivity contribution in [3.63, 3.8) is 0 Å². The van der Waals surface area contributed by atoms with E-state index in [1.165, 1.54) is 0 Å². The molecule has 0 aromatic rings. The van der Waals surface area contributed by atoms with Gasteiger partial charge in [-0.1, -0.05) is 0 Å². The molecular formula is C11H24N2O2. The monoisotopic (exact) mass is 216 g/mol. The average molecular weight is 216 g/mol. The summed E-state index contributed by atoms with van der Waals surface area (Å²) in [6, 6.07) is 0.0904. The fourth-order valence-electron chi connectivity index (χ4n) is 2.18. The van der Waals surface area contributed by atoms with Crippen molar-refractivity contribution < 1.29 is 9.84 Å². The first-order valence-corrected chi connectivity index (χ1v) is 5.79. The molecule has 15 heavy (non-hydrogen) atoms. The summed E-state index contributed by atoms with van der Waals surface area (Å²) >= 11 is 0. The first-order valence-electron chi connectivity index (χ1n) is 5.79. The number of hydrogen-bond donors (Lipinski definition) is 2. The van der Waals surface area contributed by atoms with E-state index in [2.05, 4.69) is 4.90 Å². The Balaban J connectivity index is 2.34. The molecule has 1 aliphatic rings. The van der Waals surface area contributed by atoms with E-state index in [4.69, 9.17) is 10.5 Å². The second-order valence-corrected chi connectivity index (χ2v) is 4.60. The number of ether oxygens (including phenoxy) is 1. The van der Waals surface area contributed by atoms with Crippen LogP contribution < -0.4 is 5.73 Å². The molecule has 4 heteroatoms. The van der Waals surface area contributed by atoms with E-state index in [-0.39, 0.29) is 18.7 Å². The lowest BCUT2D eigenvalue weighted by Gasteiger charge is -2.33. The van der Waals surface area contributed by atoms with Crippen molar-refractivity contribution in [1.82, 2.24) is 4.90 Å². The Bertz CT molecular complexity index is 170. The molecule has 0 spiro atoms. The number of aliphatic hydroxyl groups excluding tert-OH is 1. The molecule has 3 N–H and O–H groups in total. The molecule has 4 nitrogen and oxygen atoms in total. The van der Waals surface area contributed by atoms with Crippen molar-refractivity contribution in [1.29, 1.82) is 0 Å². The lowest BCUT2D eigenvalue weighted by molar-refractivity contribution is 0.0419. The van der Waals surface area contributed by atoms with Gasteiger partial charge in [0.25, 0.3) is 0 Å². The highest BCUT2D eigenvalue weighted by Gasteiger charge is 2.22. The van der Waals surface area contributed by atoms with E-state index < -0.39 is 0 Å². The van der Waals surface area contributed by atoms with E-state index >= 15 is 0 Å². The minimum Gasteiger partial charge on any atom is -0.395 e. The average Bonchev–Trinajstić information content (AvgIpc) is 2.19. The Hall–Kier alpha value is -0.160. The quantitative estimate of drug-likeness (QED) is 0.682. The maximum Gasteiger partial charge on any atom is 0.0601 e. The van der Waals surface area contributed by atoms with Gasteiger partial charge >= 0.3 is 0 Å². The summed E-state index contributed by atoms with van der Waals surface area (Å²) in [6.07, 6.45) is 2.25. The summed E-state index contributed by atoms with van der Waals surface area (Å²) in [6.45, 7) is 4.84. The van der Waals surface area contributed by atoms with Crippen molar-refractivity contribution in [3.05, 3.63) is 0 Å². The number of nitrogens with two attached hydrogens (primary N) is 1. The molecule has 0 radical (unpaired) electrons. The number of likely N-dealkylation sites (N-methyl/N-ethyl adjacent to an activating group) is 1. The van der Waals surface area contributed by atoms with Crippen LogP contribution in [-0.4, -0.2) is 55.5 Å². The zero-order chi connectivity index (χ0) is 11.3. The number of aliphatic hydroxyl groups is 1. The van der Waals surface area contributed by atoms with Crippen LogP contribution in [0.4, 0.5) is 0 Å². The first-order chi connectivity index (χ1) is 7.15. The second-order valence-electron chi connectivity index (χ2n) is 4.60. The Morgan fingerprint density at radius 3 is 2.53 bits per heavy atom. The Morgan fingerprint density at radius 2 is 2.07 bits per heavy atom. The van der Waals surface area contributed by atoms with Crippen molar-refractivity contribution in [3.8, 4) is 0 Å². The summed E-state index contributed by atoms with van der Waals surface area (Å²) < 4.78 is 5.32. The third-order valence-electron chi connectivity index (χ3n) is 3.25. The van der Waals surface area contributed by atoms with E-state index in [0.717, 1.165) is 32.6 Å². The number of rotatable bonds is 5. The van der Waals surface area contributed by atoms with Gasteiger partial charge in [-0.15, -0.1) is 0 Å². The SMILES string of the molecule is CC(N)C(CO)N(C)CC1CCOCC1. The number of nitrogens with zero attached hydrogens (tertiary/aromatic N) is 1. The van der Waals surface area contributed by atoms with Gasteiger partial charge in [0.15, 0.2) is 0 Å². The molecule has 1 aliphatic heterocycles. The van der Waals surface area contributed by atoms with Crippen LogP contribution in [0.15, 0.2) is 0 Å². The van der Waals surface area contributed by atoms with Crippen molar-refractivity contribution >= 4 is 0 Å². The molecule has 0 aliphatic carbocycles. The van der Waals surface area contributed by atoms with Crippen LogP contribution in [0.1, 0.15) is 19.8 Å². The highest BCUT2D eigenvalue weighted by atomic mass is 16.5. The molecule has 1 fully saturated rings. The zero-order valence-electron chi connectivity index (χ0n) is 9.85. The Labute approximate surface area is 92.4 Å². The van der Waals surface area contributed by atoms with Crippen molar-refractivity contribution in [2.75, 3.05) is 33.4 Å². The van der Waals surface area contributed by atoms with Gasteiger partial charge in [0.1, 0.15) is 0 Å². The molecule has 2 unspecified atom stereocenters.